The molecule has 92 valence electrons. The topological polar surface area (TPSA) is 64.8 Å². The molecule has 0 aromatic heterocycles. The molecule has 0 spiro atoms. The third-order valence-corrected chi connectivity index (χ3v) is 2.77. The number of carbonyl (C=O) groups is 1. The number of hydrogen-bond donors (Lipinski definition) is 1. The number of morpholine rings is 1. The molecular formula is C12H16N2O3. The Morgan fingerprint density at radius 1 is 1.47 bits per heavy atom. The molecule has 2 N–H and O–H groups in total. The van der Waals surface area contributed by atoms with Gasteiger partial charge in [-0.1, -0.05) is 0 Å². The molecule has 1 saturated heterocycles. The van der Waals surface area contributed by atoms with E-state index in [0.717, 1.165) is 11.4 Å². The van der Waals surface area contributed by atoms with Gasteiger partial charge in [-0.2, -0.15) is 0 Å². The first-order valence-electron chi connectivity index (χ1n) is 5.53. The molecule has 1 heterocycles. The van der Waals surface area contributed by atoms with E-state index in [1.165, 1.54) is 0 Å². The normalized spacial score (nSPS) is 20.5. The van der Waals surface area contributed by atoms with Crippen molar-refractivity contribution < 1.29 is 14.3 Å². The fraction of sp³-hybridized carbons (Fsp3) is 0.417. The van der Waals surface area contributed by atoms with Gasteiger partial charge in [0.2, 0.25) is 0 Å². The molecule has 5 nitrogen and oxygen atoms in total. The van der Waals surface area contributed by atoms with Crippen LogP contribution in [0.4, 0.5) is 5.69 Å². The van der Waals surface area contributed by atoms with E-state index < -0.39 is 6.10 Å². The van der Waals surface area contributed by atoms with Crippen molar-refractivity contribution in [2.24, 2.45) is 5.73 Å². The first-order chi connectivity index (χ1) is 8.26. The van der Waals surface area contributed by atoms with Crippen molar-refractivity contribution in [3.63, 3.8) is 0 Å². The van der Waals surface area contributed by atoms with E-state index in [9.17, 15) is 4.79 Å². The van der Waals surface area contributed by atoms with Gasteiger partial charge in [0.1, 0.15) is 11.9 Å². The fourth-order valence-electron chi connectivity index (χ4n) is 1.83. The van der Waals surface area contributed by atoms with E-state index in [1.54, 1.807) is 12.0 Å². The summed E-state index contributed by atoms with van der Waals surface area (Å²) in [6, 6.07) is 7.37. The largest absolute Gasteiger partial charge is 0.497 e. The molecule has 5 heteroatoms. The van der Waals surface area contributed by atoms with Gasteiger partial charge in [-0.3, -0.25) is 4.79 Å². The van der Waals surface area contributed by atoms with Crippen molar-refractivity contribution in [3.05, 3.63) is 24.3 Å². The predicted molar refractivity (Wildman–Crippen MR) is 64.1 cm³/mol. The first kappa shape index (κ1) is 11.9. The molecule has 1 fully saturated rings. The third-order valence-electron chi connectivity index (χ3n) is 2.77. The summed E-state index contributed by atoms with van der Waals surface area (Å²) in [6.07, 6.45) is -0.522. The van der Waals surface area contributed by atoms with E-state index in [0.29, 0.717) is 13.2 Å². The van der Waals surface area contributed by atoms with Gasteiger partial charge in [-0.05, 0) is 24.3 Å². The van der Waals surface area contributed by atoms with Gasteiger partial charge < -0.3 is 20.1 Å². The predicted octanol–water partition coefficient (Wildman–Crippen LogP) is 0.386. The SMILES string of the molecule is COc1ccc(N2CCOC(CN)C2=O)cc1. The number of benzene rings is 1. The van der Waals surface area contributed by atoms with Gasteiger partial charge in [-0.15, -0.1) is 0 Å². The number of ether oxygens (including phenoxy) is 2. The number of anilines is 1. The molecule has 1 aromatic rings. The molecule has 1 atom stereocenters. The van der Waals surface area contributed by atoms with Gasteiger partial charge in [0, 0.05) is 18.8 Å². The first-order valence-corrected chi connectivity index (χ1v) is 5.53. The van der Waals surface area contributed by atoms with Crippen molar-refractivity contribution >= 4 is 11.6 Å². The van der Waals surface area contributed by atoms with E-state index in [4.69, 9.17) is 15.2 Å². The van der Waals surface area contributed by atoms with Crippen LogP contribution in [-0.4, -0.2) is 38.8 Å². The molecule has 0 radical (unpaired) electrons. The number of nitrogens with zero attached hydrogens (tertiary/aromatic N) is 1. The van der Waals surface area contributed by atoms with Crippen molar-refractivity contribution in [1.29, 1.82) is 0 Å². The molecule has 1 amide bonds. The molecule has 17 heavy (non-hydrogen) atoms. The standard InChI is InChI=1S/C12H16N2O3/c1-16-10-4-2-9(3-5-10)14-6-7-17-11(8-13)12(14)15/h2-5,11H,6-8,13H2,1H3. The minimum atomic E-state index is -0.522. The van der Waals surface area contributed by atoms with Crippen LogP contribution < -0.4 is 15.4 Å². The maximum Gasteiger partial charge on any atom is 0.257 e. The lowest BCUT2D eigenvalue weighted by atomic mass is 10.2. The number of carbonyl (C=O) groups excluding carboxylic acids is 1. The highest BCUT2D eigenvalue weighted by Crippen LogP contribution is 2.21. The molecule has 0 saturated carbocycles. The second-order valence-corrected chi connectivity index (χ2v) is 3.78. The Hall–Kier alpha value is -1.59. The minimum Gasteiger partial charge on any atom is -0.497 e. The highest BCUT2D eigenvalue weighted by molar-refractivity contribution is 5.97. The summed E-state index contributed by atoms with van der Waals surface area (Å²) >= 11 is 0. The van der Waals surface area contributed by atoms with Gasteiger partial charge in [0.25, 0.3) is 5.91 Å². The van der Waals surface area contributed by atoms with Gasteiger partial charge in [0.15, 0.2) is 0 Å². The Kier molecular flexibility index (Phi) is 3.61. The smallest absolute Gasteiger partial charge is 0.257 e. The van der Waals surface area contributed by atoms with Crippen LogP contribution in [0.25, 0.3) is 0 Å². The second-order valence-electron chi connectivity index (χ2n) is 3.78. The Balaban J connectivity index is 2.17. The molecule has 0 aliphatic carbocycles. The number of amides is 1. The summed E-state index contributed by atoms with van der Waals surface area (Å²) in [6.45, 7) is 1.28. The van der Waals surface area contributed by atoms with Crippen LogP contribution in [0, 0.1) is 0 Å². The van der Waals surface area contributed by atoms with Crippen LogP contribution in [0.1, 0.15) is 0 Å². The molecule has 0 bridgehead atoms. The summed E-state index contributed by atoms with van der Waals surface area (Å²) in [5.41, 5.74) is 6.33. The summed E-state index contributed by atoms with van der Waals surface area (Å²) in [5.74, 6) is 0.689. The highest BCUT2D eigenvalue weighted by atomic mass is 16.5. The van der Waals surface area contributed by atoms with Crippen LogP contribution >= 0.6 is 0 Å². The van der Waals surface area contributed by atoms with Gasteiger partial charge in [-0.25, -0.2) is 0 Å². The summed E-state index contributed by atoms with van der Waals surface area (Å²) in [5, 5.41) is 0. The monoisotopic (exact) mass is 236 g/mol. The molecule has 2 rings (SSSR count). The Labute approximate surface area is 100 Å². The quantitative estimate of drug-likeness (QED) is 0.824. The van der Waals surface area contributed by atoms with Crippen LogP contribution in [-0.2, 0) is 9.53 Å². The minimum absolute atomic E-state index is 0.0797. The highest BCUT2D eigenvalue weighted by Gasteiger charge is 2.29. The second kappa shape index (κ2) is 5.16. The average molecular weight is 236 g/mol. The molecule has 1 aliphatic heterocycles. The van der Waals surface area contributed by atoms with Crippen LogP contribution in [0.2, 0.25) is 0 Å². The van der Waals surface area contributed by atoms with Crippen LogP contribution in [0.15, 0.2) is 24.3 Å². The van der Waals surface area contributed by atoms with Crippen molar-refractivity contribution in [3.8, 4) is 5.75 Å². The molecule has 1 unspecified atom stereocenters. The van der Waals surface area contributed by atoms with Crippen LogP contribution in [0.5, 0.6) is 5.75 Å². The lowest BCUT2D eigenvalue weighted by Gasteiger charge is -2.31. The summed E-state index contributed by atoms with van der Waals surface area (Å²) in [4.78, 5) is 13.7. The Morgan fingerprint density at radius 3 is 2.76 bits per heavy atom. The number of hydrogen-bond acceptors (Lipinski definition) is 4. The fourth-order valence-corrected chi connectivity index (χ4v) is 1.83. The maximum absolute atomic E-state index is 12.0. The zero-order chi connectivity index (χ0) is 12.3. The number of methoxy groups -OCH3 is 1. The van der Waals surface area contributed by atoms with Gasteiger partial charge >= 0.3 is 0 Å². The lowest BCUT2D eigenvalue weighted by molar-refractivity contribution is -0.133. The van der Waals surface area contributed by atoms with E-state index >= 15 is 0 Å². The Morgan fingerprint density at radius 2 is 2.18 bits per heavy atom. The van der Waals surface area contributed by atoms with E-state index in [1.807, 2.05) is 24.3 Å². The number of nitrogens with two attached hydrogens (primary N) is 1. The zero-order valence-corrected chi connectivity index (χ0v) is 9.76. The van der Waals surface area contributed by atoms with Crippen molar-refractivity contribution in [2.45, 2.75) is 6.10 Å². The van der Waals surface area contributed by atoms with Crippen molar-refractivity contribution in [2.75, 3.05) is 31.7 Å². The lowest BCUT2D eigenvalue weighted by Crippen LogP contribution is -2.50. The maximum atomic E-state index is 12.0. The third kappa shape index (κ3) is 2.40. The zero-order valence-electron chi connectivity index (χ0n) is 9.76. The average Bonchev–Trinajstić information content (AvgIpc) is 2.39. The number of rotatable bonds is 3. The summed E-state index contributed by atoms with van der Waals surface area (Å²) in [7, 11) is 1.61. The summed E-state index contributed by atoms with van der Waals surface area (Å²) < 4.78 is 10.4. The molecule has 1 aromatic carbocycles. The van der Waals surface area contributed by atoms with E-state index in [-0.39, 0.29) is 12.5 Å². The van der Waals surface area contributed by atoms with Gasteiger partial charge in [0.05, 0.1) is 13.7 Å². The van der Waals surface area contributed by atoms with E-state index in [2.05, 4.69) is 0 Å². The molecular weight excluding hydrogens is 220 g/mol. The van der Waals surface area contributed by atoms with Crippen LogP contribution in [0.3, 0.4) is 0 Å². The molecule has 1 aliphatic rings. The van der Waals surface area contributed by atoms with Crippen molar-refractivity contribution in [1.82, 2.24) is 0 Å². The Bertz CT molecular complexity index is 391.